The molecule has 0 aromatic carbocycles. The molecule has 2 saturated heterocycles. The summed E-state index contributed by atoms with van der Waals surface area (Å²) in [6, 6.07) is 3.18. The zero-order chi connectivity index (χ0) is 14.7. The first-order valence-electron chi connectivity index (χ1n) is 7.55. The van der Waals surface area contributed by atoms with Crippen LogP contribution in [0.4, 0.5) is 0 Å². The van der Waals surface area contributed by atoms with Gasteiger partial charge in [-0.25, -0.2) is 0 Å². The van der Waals surface area contributed by atoms with E-state index in [1.807, 2.05) is 0 Å². The number of piperidine rings is 1. The van der Waals surface area contributed by atoms with Gasteiger partial charge < -0.3 is 15.0 Å². The first-order valence-corrected chi connectivity index (χ1v) is 7.55. The second-order valence-corrected chi connectivity index (χ2v) is 5.72. The molecule has 1 aromatic rings. The number of likely N-dealkylation sites (tertiary alicyclic amines) is 1. The van der Waals surface area contributed by atoms with Gasteiger partial charge in [-0.2, -0.15) is 0 Å². The van der Waals surface area contributed by atoms with Crippen molar-refractivity contribution in [3.8, 4) is 0 Å². The number of hydrogen-bond acceptors (Lipinski definition) is 4. The van der Waals surface area contributed by atoms with Crippen LogP contribution in [0.3, 0.4) is 0 Å². The third-order valence-electron chi connectivity index (χ3n) is 4.27. The number of rotatable bonds is 3. The largest absolute Gasteiger partial charge is 0.378 e. The molecular weight excluding hydrogens is 270 g/mol. The maximum Gasteiger partial charge on any atom is 0.253 e. The van der Waals surface area contributed by atoms with Gasteiger partial charge in [0.15, 0.2) is 0 Å². The van der Waals surface area contributed by atoms with Crippen molar-refractivity contribution >= 4 is 5.91 Å². The summed E-state index contributed by atoms with van der Waals surface area (Å²) in [6.45, 7) is 3.39. The lowest BCUT2D eigenvalue weighted by atomic mass is 10.0. The van der Waals surface area contributed by atoms with Crippen LogP contribution >= 0.6 is 0 Å². The van der Waals surface area contributed by atoms with Crippen LogP contribution < -0.4 is 10.9 Å². The molecule has 3 rings (SSSR count). The molecule has 2 fully saturated rings. The lowest BCUT2D eigenvalue weighted by Crippen LogP contribution is -2.52. The van der Waals surface area contributed by atoms with Crippen LogP contribution in [-0.4, -0.2) is 54.2 Å². The molecule has 0 saturated carbocycles. The van der Waals surface area contributed by atoms with Crippen LogP contribution in [0.5, 0.6) is 0 Å². The Balaban J connectivity index is 1.64. The average Bonchev–Trinajstić information content (AvgIpc) is 2.97. The molecule has 0 spiro atoms. The van der Waals surface area contributed by atoms with Gasteiger partial charge in [0.2, 0.25) is 5.56 Å². The van der Waals surface area contributed by atoms with Crippen LogP contribution in [-0.2, 0) is 4.74 Å². The molecule has 2 aliphatic rings. The Kier molecular flexibility index (Phi) is 4.36. The number of carbonyl (C=O) groups is 1. The lowest BCUT2D eigenvalue weighted by molar-refractivity contribution is 0.0899. The Morgan fingerprint density at radius 3 is 2.76 bits per heavy atom. The Labute approximate surface area is 123 Å². The van der Waals surface area contributed by atoms with Gasteiger partial charge in [-0.3, -0.25) is 14.5 Å². The zero-order valence-corrected chi connectivity index (χ0v) is 12.0. The molecule has 6 nitrogen and oxygen atoms in total. The number of ether oxygens (including phenoxy) is 1. The highest BCUT2D eigenvalue weighted by Gasteiger charge is 2.34. The summed E-state index contributed by atoms with van der Waals surface area (Å²) in [7, 11) is 0. The van der Waals surface area contributed by atoms with Crippen molar-refractivity contribution in [2.24, 2.45) is 0 Å². The first-order chi connectivity index (χ1) is 10.2. The van der Waals surface area contributed by atoms with Crippen molar-refractivity contribution in [2.75, 3.05) is 26.3 Å². The van der Waals surface area contributed by atoms with Crippen LogP contribution in [0, 0.1) is 0 Å². The molecule has 0 bridgehead atoms. The van der Waals surface area contributed by atoms with Gasteiger partial charge in [0.1, 0.15) is 0 Å². The normalized spacial score (nSPS) is 26.7. The van der Waals surface area contributed by atoms with Crippen molar-refractivity contribution < 1.29 is 9.53 Å². The van der Waals surface area contributed by atoms with Gasteiger partial charge in [-0.1, -0.05) is 6.42 Å². The maximum absolute atomic E-state index is 12.2. The highest BCUT2D eigenvalue weighted by atomic mass is 16.5. The predicted molar refractivity (Wildman–Crippen MR) is 78.3 cm³/mol. The Bertz CT molecular complexity index is 531. The summed E-state index contributed by atoms with van der Waals surface area (Å²) in [6.07, 6.45) is 5.18. The molecule has 3 heterocycles. The summed E-state index contributed by atoms with van der Waals surface area (Å²) in [5.74, 6) is -0.163. The van der Waals surface area contributed by atoms with E-state index in [9.17, 15) is 9.59 Å². The number of amides is 1. The van der Waals surface area contributed by atoms with Gasteiger partial charge >= 0.3 is 0 Å². The molecule has 6 heteroatoms. The minimum Gasteiger partial charge on any atom is -0.378 e. The van der Waals surface area contributed by atoms with Crippen molar-refractivity contribution in [2.45, 2.75) is 31.3 Å². The van der Waals surface area contributed by atoms with Crippen LogP contribution in [0.2, 0.25) is 0 Å². The molecule has 1 amide bonds. The second kappa shape index (κ2) is 6.41. The first kappa shape index (κ1) is 14.3. The van der Waals surface area contributed by atoms with Crippen molar-refractivity contribution in [1.29, 1.82) is 0 Å². The minimum atomic E-state index is -0.207. The lowest BCUT2D eigenvalue weighted by Gasteiger charge is -2.34. The predicted octanol–water partition coefficient (Wildman–Crippen LogP) is 0.358. The van der Waals surface area contributed by atoms with E-state index in [0.29, 0.717) is 18.8 Å². The fraction of sp³-hybridized carbons (Fsp3) is 0.600. The Hall–Kier alpha value is -1.66. The number of H-pyrrole nitrogens is 1. The molecule has 2 atom stereocenters. The third-order valence-corrected chi connectivity index (χ3v) is 4.27. The minimum absolute atomic E-state index is 0.0162. The number of carbonyl (C=O) groups excluding carboxylic acids is 1. The van der Waals surface area contributed by atoms with E-state index in [-0.39, 0.29) is 23.6 Å². The molecule has 0 aliphatic carbocycles. The molecule has 2 aliphatic heterocycles. The summed E-state index contributed by atoms with van der Waals surface area (Å²) in [5.41, 5.74) is 0.265. The van der Waals surface area contributed by atoms with Crippen LogP contribution in [0.1, 0.15) is 29.6 Å². The number of nitrogens with one attached hydrogen (secondary N) is 2. The molecular formula is C15H21N3O3. The van der Waals surface area contributed by atoms with Crippen molar-refractivity contribution in [3.63, 3.8) is 0 Å². The Morgan fingerprint density at radius 2 is 2.05 bits per heavy atom. The van der Waals surface area contributed by atoms with E-state index in [0.717, 1.165) is 13.1 Å². The summed E-state index contributed by atoms with van der Waals surface area (Å²) < 4.78 is 5.56. The highest BCUT2D eigenvalue weighted by molar-refractivity contribution is 5.94. The van der Waals surface area contributed by atoms with Gasteiger partial charge in [-0.15, -0.1) is 0 Å². The molecule has 2 N–H and O–H groups in total. The van der Waals surface area contributed by atoms with Crippen molar-refractivity contribution in [3.05, 3.63) is 34.2 Å². The summed E-state index contributed by atoms with van der Waals surface area (Å²) in [5, 5.41) is 3.03. The van der Waals surface area contributed by atoms with Gasteiger partial charge in [0.05, 0.1) is 30.9 Å². The number of aromatic amines is 1. The number of hydrogen-bond donors (Lipinski definition) is 2. The molecule has 114 valence electrons. The van der Waals surface area contributed by atoms with Crippen LogP contribution in [0.25, 0.3) is 0 Å². The molecule has 21 heavy (non-hydrogen) atoms. The highest BCUT2D eigenvalue weighted by Crippen LogP contribution is 2.19. The molecule has 1 aromatic heterocycles. The third kappa shape index (κ3) is 3.33. The maximum atomic E-state index is 12.2. The van der Waals surface area contributed by atoms with E-state index in [1.54, 1.807) is 6.07 Å². The fourth-order valence-corrected chi connectivity index (χ4v) is 3.09. The van der Waals surface area contributed by atoms with E-state index in [4.69, 9.17) is 4.74 Å². The van der Waals surface area contributed by atoms with E-state index >= 15 is 0 Å². The molecule has 0 radical (unpaired) electrons. The van der Waals surface area contributed by atoms with E-state index < -0.39 is 0 Å². The number of aromatic nitrogens is 1. The van der Waals surface area contributed by atoms with Gasteiger partial charge in [0.25, 0.3) is 5.91 Å². The fourth-order valence-electron chi connectivity index (χ4n) is 3.09. The number of nitrogens with zero attached hydrogens (tertiary/aromatic N) is 1. The van der Waals surface area contributed by atoms with Gasteiger partial charge in [-0.05, 0) is 32.0 Å². The number of pyridine rings is 1. The SMILES string of the molecule is O=C(N[C@H]1COC[C@@H]1N1CCCCC1)c1ccc(=O)[nH]c1. The monoisotopic (exact) mass is 291 g/mol. The van der Waals surface area contributed by atoms with Crippen molar-refractivity contribution in [1.82, 2.24) is 15.2 Å². The topological polar surface area (TPSA) is 74.4 Å². The van der Waals surface area contributed by atoms with Crippen LogP contribution in [0.15, 0.2) is 23.1 Å². The summed E-state index contributed by atoms with van der Waals surface area (Å²) >= 11 is 0. The quantitative estimate of drug-likeness (QED) is 0.843. The standard InChI is InChI=1S/C15H21N3O3/c19-14-5-4-11(8-16-14)15(20)17-12-9-21-10-13(12)18-6-2-1-3-7-18/h4-5,8,12-13H,1-3,6-7,9-10H2,(H,16,19)(H,17,20)/t12-,13-/m0/s1. The van der Waals surface area contributed by atoms with E-state index in [2.05, 4.69) is 15.2 Å². The zero-order valence-electron chi connectivity index (χ0n) is 12.0. The van der Waals surface area contributed by atoms with Gasteiger partial charge in [0, 0.05) is 12.3 Å². The summed E-state index contributed by atoms with van der Waals surface area (Å²) in [4.78, 5) is 28.2. The van der Waals surface area contributed by atoms with E-state index in [1.165, 1.54) is 31.5 Å². The average molecular weight is 291 g/mol. The molecule has 0 unspecified atom stereocenters. The smallest absolute Gasteiger partial charge is 0.253 e. The Morgan fingerprint density at radius 1 is 1.24 bits per heavy atom. The second-order valence-electron chi connectivity index (χ2n) is 5.72.